The Kier molecular flexibility index (Phi) is 5.24. The van der Waals surface area contributed by atoms with Crippen molar-refractivity contribution in [1.82, 2.24) is 4.98 Å². The first-order valence-corrected chi connectivity index (χ1v) is 8.32. The molecule has 0 fully saturated rings. The zero-order chi connectivity index (χ0) is 20.4. The van der Waals surface area contributed by atoms with Gasteiger partial charge >= 0.3 is 6.18 Å². The fourth-order valence-corrected chi connectivity index (χ4v) is 2.82. The van der Waals surface area contributed by atoms with E-state index in [1.807, 2.05) is 0 Å². The number of benzene rings is 2. The van der Waals surface area contributed by atoms with Gasteiger partial charge in [-0.15, -0.1) is 0 Å². The molecule has 0 aliphatic rings. The van der Waals surface area contributed by atoms with Crippen LogP contribution >= 0.6 is 0 Å². The van der Waals surface area contributed by atoms with Crippen molar-refractivity contribution in [2.24, 2.45) is 4.99 Å². The number of pyridine rings is 1. The number of aliphatic imine (C=N–C) groups is 1. The molecule has 3 rings (SSSR count). The number of aromatic amines is 1. The number of rotatable bonds is 5. The summed E-state index contributed by atoms with van der Waals surface area (Å²) in [6.45, 7) is 0. The molecule has 5 nitrogen and oxygen atoms in total. The lowest BCUT2D eigenvalue weighted by Gasteiger charge is -2.27. The van der Waals surface area contributed by atoms with E-state index in [0.717, 1.165) is 0 Å². The highest BCUT2D eigenvalue weighted by molar-refractivity contribution is 5.91. The second-order valence-electron chi connectivity index (χ2n) is 6.23. The van der Waals surface area contributed by atoms with Gasteiger partial charge in [-0.25, -0.2) is 0 Å². The summed E-state index contributed by atoms with van der Waals surface area (Å²) in [6.07, 6.45) is -5.23. The molecule has 0 saturated heterocycles. The van der Waals surface area contributed by atoms with E-state index in [4.69, 9.17) is 4.74 Å². The second kappa shape index (κ2) is 7.47. The molecule has 1 heterocycles. The monoisotopic (exact) mass is 390 g/mol. The second-order valence-corrected chi connectivity index (χ2v) is 6.23. The van der Waals surface area contributed by atoms with Crippen molar-refractivity contribution < 1.29 is 23.0 Å². The van der Waals surface area contributed by atoms with Crippen LogP contribution in [-0.4, -0.2) is 35.2 Å². The molecule has 1 atom stereocenters. The largest absolute Gasteiger partial charge is 0.496 e. The van der Waals surface area contributed by atoms with Crippen LogP contribution in [0.1, 0.15) is 5.56 Å². The minimum Gasteiger partial charge on any atom is -0.496 e. The Morgan fingerprint density at radius 1 is 1.11 bits per heavy atom. The van der Waals surface area contributed by atoms with E-state index in [2.05, 4.69) is 9.98 Å². The minimum absolute atomic E-state index is 0.191. The molecular formula is C20H17F3N2O3. The predicted molar refractivity (Wildman–Crippen MR) is 100 cm³/mol. The number of ether oxygens (including phenoxy) is 1. The van der Waals surface area contributed by atoms with Crippen LogP contribution in [0.3, 0.4) is 0 Å². The number of aromatic nitrogens is 1. The molecule has 3 aromatic rings. The fraction of sp³-hybridized carbons (Fsp3) is 0.200. The topological polar surface area (TPSA) is 74.7 Å². The number of para-hydroxylation sites is 1. The third kappa shape index (κ3) is 3.91. The normalized spacial score (nSPS) is 14.3. The van der Waals surface area contributed by atoms with E-state index < -0.39 is 18.2 Å². The van der Waals surface area contributed by atoms with Crippen molar-refractivity contribution in [3.63, 3.8) is 0 Å². The molecule has 0 spiro atoms. The Labute approximate surface area is 158 Å². The summed E-state index contributed by atoms with van der Waals surface area (Å²) in [6, 6.07) is 13.5. The molecule has 146 valence electrons. The molecule has 0 bridgehead atoms. The van der Waals surface area contributed by atoms with Gasteiger partial charge in [-0.3, -0.25) is 9.79 Å². The highest BCUT2D eigenvalue weighted by atomic mass is 19.4. The third-order valence-electron chi connectivity index (χ3n) is 4.30. The Balaban J connectivity index is 2.03. The Morgan fingerprint density at radius 3 is 2.57 bits per heavy atom. The summed E-state index contributed by atoms with van der Waals surface area (Å²) < 4.78 is 46.1. The summed E-state index contributed by atoms with van der Waals surface area (Å²) in [7, 11) is 1.34. The van der Waals surface area contributed by atoms with Crippen molar-refractivity contribution >= 4 is 22.8 Å². The standard InChI is InChI=1S/C20H17F3N2O3/c1-28-17-8-3-2-5-13(17)11-19(27,20(21,22)23)12-24-15-6-4-7-16-14(15)9-10-18(26)25-16/h2-10,12,27H,11H2,1H3,(H,25,26)/b24-12+. The van der Waals surface area contributed by atoms with E-state index >= 15 is 0 Å². The van der Waals surface area contributed by atoms with Crippen molar-refractivity contribution in [2.45, 2.75) is 18.2 Å². The van der Waals surface area contributed by atoms with Gasteiger partial charge in [-0.1, -0.05) is 24.3 Å². The number of hydrogen-bond donors (Lipinski definition) is 2. The van der Waals surface area contributed by atoms with Gasteiger partial charge < -0.3 is 14.8 Å². The summed E-state index contributed by atoms with van der Waals surface area (Å²) in [5.74, 6) is 0.237. The van der Waals surface area contributed by atoms with Crippen molar-refractivity contribution in [3.8, 4) is 5.75 Å². The number of alkyl halides is 3. The maximum atomic E-state index is 13.7. The molecule has 0 aliphatic heterocycles. The molecular weight excluding hydrogens is 373 g/mol. The van der Waals surface area contributed by atoms with Crippen LogP contribution in [0, 0.1) is 0 Å². The molecule has 1 unspecified atom stereocenters. The number of aliphatic hydroxyl groups is 1. The number of halogens is 3. The molecule has 2 aromatic carbocycles. The highest BCUT2D eigenvalue weighted by Gasteiger charge is 2.53. The van der Waals surface area contributed by atoms with Crippen molar-refractivity contribution in [3.05, 3.63) is 70.5 Å². The average Bonchev–Trinajstić information content (AvgIpc) is 2.65. The number of hydrogen-bond acceptors (Lipinski definition) is 4. The van der Waals surface area contributed by atoms with E-state index in [9.17, 15) is 23.1 Å². The Morgan fingerprint density at radius 2 is 1.86 bits per heavy atom. The van der Waals surface area contributed by atoms with E-state index in [1.54, 1.807) is 24.3 Å². The molecule has 0 saturated carbocycles. The maximum absolute atomic E-state index is 13.7. The lowest BCUT2D eigenvalue weighted by molar-refractivity contribution is -0.228. The zero-order valence-corrected chi connectivity index (χ0v) is 14.8. The molecule has 0 aliphatic carbocycles. The molecule has 2 N–H and O–H groups in total. The van der Waals surface area contributed by atoms with Crippen LogP contribution in [0.2, 0.25) is 0 Å². The predicted octanol–water partition coefficient (Wildman–Crippen LogP) is 3.78. The average molecular weight is 390 g/mol. The van der Waals surface area contributed by atoms with Gasteiger partial charge in [-0.05, 0) is 29.8 Å². The smallest absolute Gasteiger partial charge is 0.422 e. The number of fused-ring (bicyclic) bond motifs is 1. The molecule has 8 heteroatoms. The van der Waals surface area contributed by atoms with Gasteiger partial charge in [0.15, 0.2) is 5.60 Å². The maximum Gasteiger partial charge on any atom is 0.422 e. The van der Waals surface area contributed by atoms with Crippen LogP contribution in [0.25, 0.3) is 10.9 Å². The first-order chi connectivity index (χ1) is 13.2. The van der Waals surface area contributed by atoms with Gasteiger partial charge in [0.1, 0.15) is 5.75 Å². The highest BCUT2D eigenvalue weighted by Crippen LogP contribution is 2.35. The lowest BCUT2D eigenvalue weighted by atomic mass is 9.94. The number of H-pyrrole nitrogens is 1. The van der Waals surface area contributed by atoms with Gasteiger partial charge in [0, 0.05) is 24.1 Å². The van der Waals surface area contributed by atoms with E-state index in [-0.39, 0.29) is 22.6 Å². The molecule has 28 heavy (non-hydrogen) atoms. The number of nitrogens with one attached hydrogen (secondary N) is 1. The van der Waals surface area contributed by atoms with Crippen LogP contribution in [-0.2, 0) is 6.42 Å². The van der Waals surface area contributed by atoms with E-state index in [0.29, 0.717) is 17.1 Å². The van der Waals surface area contributed by atoms with Gasteiger partial charge in [-0.2, -0.15) is 13.2 Å². The molecule has 0 amide bonds. The third-order valence-corrected chi connectivity index (χ3v) is 4.30. The van der Waals surface area contributed by atoms with Crippen LogP contribution in [0.5, 0.6) is 5.75 Å². The fourth-order valence-electron chi connectivity index (χ4n) is 2.82. The lowest BCUT2D eigenvalue weighted by Crippen LogP contribution is -2.48. The van der Waals surface area contributed by atoms with Gasteiger partial charge in [0.25, 0.3) is 0 Å². The van der Waals surface area contributed by atoms with Gasteiger partial charge in [0.2, 0.25) is 5.56 Å². The van der Waals surface area contributed by atoms with Crippen LogP contribution in [0.15, 0.2) is 64.4 Å². The first kappa shape index (κ1) is 19.6. The molecule has 0 radical (unpaired) electrons. The summed E-state index contributed by atoms with van der Waals surface area (Å²) >= 11 is 0. The summed E-state index contributed by atoms with van der Waals surface area (Å²) in [4.78, 5) is 17.9. The van der Waals surface area contributed by atoms with Crippen LogP contribution in [0.4, 0.5) is 18.9 Å². The van der Waals surface area contributed by atoms with E-state index in [1.165, 1.54) is 37.4 Å². The number of methoxy groups -OCH3 is 1. The van der Waals surface area contributed by atoms with Gasteiger partial charge in [0.05, 0.1) is 18.3 Å². The Hall–Kier alpha value is -3.13. The quantitative estimate of drug-likeness (QED) is 0.651. The minimum atomic E-state index is -4.96. The molecule has 1 aromatic heterocycles. The summed E-state index contributed by atoms with van der Waals surface area (Å²) in [5, 5.41) is 10.9. The number of nitrogens with zero attached hydrogens (tertiary/aromatic N) is 1. The first-order valence-electron chi connectivity index (χ1n) is 8.32. The Bertz CT molecular complexity index is 1080. The van der Waals surface area contributed by atoms with Crippen LogP contribution < -0.4 is 10.3 Å². The SMILES string of the molecule is COc1ccccc1CC(O)(/C=N/c1cccc2[nH]c(=O)ccc12)C(F)(F)F. The zero-order valence-electron chi connectivity index (χ0n) is 14.8. The summed E-state index contributed by atoms with van der Waals surface area (Å²) in [5.41, 5.74) is -2.72. The van der Waals surface area contributed by atoms with Crippen molar-refractivity contribution in [1.29, 1.82) is 0 Å². The van der Waals surface area contributed by atoms with Crippen molar-refractivity contribution in [2.75, 3.05) is 7.11 Å².